The Morgan fingerprint density at radius 1 is 1.39 bits per heavy atom. The first-order chi connectivity index (χ1) is 8.27. The molecule has 0 aliphatic heterocycles. The zero-order valence-electron chi connectivity index (χ0n) is 11.9. The van der Waals surface area contributed by atoms with Gasteiger partial charge in [0.05, 0.1) is 6.07 Å². The van der Waals surface area contributed by atoms with Crippen LogP contribution in [0, 0.1) is 17.2 Å². The number of hydrogen-bond donors (Lipinski definition) is 1. The Kier molecular flexibility index (Phi) is 5.10. The molecule has 3 nitrogen and oxygen atoms in total. The average Bonchev–Trinajstić information content (AvgIpc) is 3.07. The van der Waals surface area contributed by atoms with E-state index in [1.165, 1.54) is 0 Å². The number of nitrogens with one attached hydrogen (secondary N) is 1. The van der Waals surface area contributed by atoms with Crippen LogP contribution in [-0.2, 0) is 4.79 Å². The molecule has 1 saturated carbocycles. The molecule has 18 heavy (non-hydrogen) atoms. The summed E-state index contributed by atoms with van der Waals surface area (Å²) in [6, 6.07) is 2.25. The first-order valence-corrected chi connectivity index (χ1v) is 7.61. The van der Waals surface area contributed by atoms with Crippen molar-refractivity contribution in [3.8, 4) is 6.07 Å². The van der Waals surface area contributed by atoms with E-state index in [1.807, 2.05) is 18.7 Å². The van der Waals surface area contributed by atoms with Gasteiger partial charge in [0.1, 0.15) is 5.54 Å². The summed E-state index contributed by atoms with van der Waals surface area (Å²) in [5, 5.41) is 12.0. The Balaban J connectivity index is 2.23. The summed E-state index contributed by atoms with van der Waals surface area (Å²) in [5.74, 6) is 1.36. The first-order valence-electron chi connectivity index (χ1n) is 6.63. The Morgan fingerprint density at radius 2 is 2.00 bits per heavy atom. The van der Waals surface area contributed by atoms with E-state index in [1.54, 1.807) is 0 Å². The smallest absolute Gasteiger partial charge is 0.221 e. The zero-order valence-corrected chi connectivity index (χ0v) is 12.7. The monoisotopic (exact) mass is 268 g/mol. The third-order valence-electron chi connectivity index (χ3n) is 3.11. The molecule has 1 aliphatic rings. The summed E-state index contributed by atoms with van der Waals surface area (Å²) in [6.07, 6.45) is 3.52. The van der Waals surface area contributed by atoms with Crippen LogP contribution in [0.3, 0.4) is 0 Å². The molecule has 0 saturated heterocycles. The van der Waals surface area contributed by atoms with Crippen LogP contribution < -0.4 is 5.32 Å². The molecule has 0 unspecified atom stereocenters. The molecule has 0 bridgehead atoms. The molecular formula is C14H24N2OS. The van der Waals surface area contributed by atoms with Gasteiger partial charge in [-0.1, -0.05) is 20.8 Å². The number of rotatable bonds is 6. The van der Waals surface area contributed by atoms with Crippen molar-refractivity contribution in [2.75, 3.05) is 5.75 Å². The van der Waals surface area contributed by atoms with E-state index >= 15 is 0 Å². The van der Waals surface area contributed by atoms with Gasteiger partial charge in [-0.25, -0.2) is 0 Å². The second kappa shape index (κ2) is 5.97. The highest BCUT2D eigenvalue weighted by Gasteiger charge is 2.42. The van der Waals surface area contributed by atoms with Gasteiger partial charge in [0, 0.05) is 11.2 Å². The molecule has 1 fully saturated rings. The fourth-order valence-electron chi connectivity index (χ4n) is 1.85. The van der Waals surface area contributed by atoms with Gasteiger partial charge in [-0.2, -0.15) is 17.0 Å². The second-order valence-electron chi connectivity index (χ2n) is 6.20. The van der Waals surface area contributed by atoms with E-state index in [0.29, 0.717) is 12.3 Å². The number of thioether (sulfide) groups is 1. The van der Waals surface area contributed by atoms with Gasteiger partial charge in [0.25, 0.3) is 0 Å². The highest BCUT2D eigenvalue weighted by molar-refractivity contribution is 8.00. The molecule has 102 valence electrons. The van der Waals surface area contributed by atoms with Crippen LogP contribution in [0.25, 0.3) is 0 Å². The van der Waals surface area contributed by atoms with Crippen molar-refractivity contribution >= 4 is 17.7 Å². The molecule has 1 N–H and O–H groups in total. The van der Waals surface area contributed by atoms with Crippen LogP contribution in [0.4, 0.5) is 0 Å². The van der Waals surface area contributed by atoms with Gasteiger partial charge in [0.2, 0.25) is 5.91 Å². The van der Waals surface area contributed by atoms with Crippen LogP contribution in [0.5, 0.6) is 0 Å². The molecule has 0 spiro atoms. The van der Waals surface area contributed by atoms with E-state index in [0.717, 1.165) is 25.0 Å². The van der Waals surface area contributed by atoms with Crippen molar-refractivity contribution in [1.82, 2.24) is 5.32 Å². The van der Waals surface area contributed by atoms with Crippen molar-refractivity contribution in [2.45, 2.75) is 63.7 Å². The molecule has 1 amide bonds. The number of hydrogen-bond acceptors (Lipinski definition) is 3. The number of carbonyl (C=O) groups excluding carboxylic acids is 1. The Morgan fingerprint density at radius 3 is 2.44 bits per heavy atom. The summed E-state index contributed by atoms with van der Waals surface area (Å²) in [4.78, 5) is 11.8. The number of amides is 1. The van der Waals surface area contributed by atoms with Gasteiger partial charge >= 0.3 is 0 Å². The topological polar surface area (TPSA) is 52.9 Å². The number of nitriles is 1. The summed E-state index contributed by atoms with van der Waals surface area (Å²) in [5.41, 5.74) is -0.645. The normalized spacial score (nSPS) is 18.8. The van der Waals surface area contributed by atoms with Crippen molar-refractivity contribution in [3.63, 3.8) is 0 Å². The predicted molar refractivity (Wildman–Crippen MR) is 76.3 cm³/mol. The first kappa shape index (κ1) is 15.4. The van der Waals surface area contributed by atoms with E-state index < -0.39 is 5.54 Å². The largest absolute Gasteiger partial charge is 0.338 e. The minimum atomic E-state index is -0.645. The maximum Gasteiger partial charge on any atom is 0.221 e. The third-order valence-corrected chi connectivity index (χ3v) is 4.47. The minimum Gasteiger partial charge on any atom is -0.338 e. The van der Waals surface area contributed by atoms with Gasteiger partial charge in [0.15, 0.2) is 0 Å². The molecule has 1 rings (SSSR count). The Bertz CT molecular complexity index is 339. The van der Waals surface area contributed by atoms with E-state index in [-0.39, 0.29) is 10.7 Å². The molecule has 1 aliphatic carbocycles. The summed E-state index contributed by atoms with van der Waals surface area (Å²) in [6.45, 7) is 8.37. The van der Waals surface area contributed by atoms with Gasteiger partial charge < -0.3 is 5.32 Å². The lowest BCUT2D eigenvalue weighted by Gasteiger charge is -2.23. The van der Waals surface area contributed by atoms with E-state index in [9.17, 15) is 4.79 Å². The third kappa shape index (κ3) is 5.30. The molecular weight excluding hydrogens is 244 g/mol. The van der Waals surface area contributed by atoms with Crippen LogP contribution in [0.1, 0.15) is 53.4 Å². The molecule has 0 radical (unpaired) electrons. The van der Waals surface area contributed by atoms with Crippen LogP contribution in [0.15, 0.2) is 0 Å². The van der Waals surface area contributed by atoms with Gasteiger partial charge in [-0.05, 0) is 37.9 Å². The highest BCUT2D eigenvalue weighted by Crippen LogP contribution is 2.39. The molecule has 0 aromatic carbocycles. The standard InChI is InChI=1S/C14H24N2OS/c1-13(2,3)18-9-5-6-12(17)16-14(4,10-15)11-7-8-11/h11H,5-9H2,1-4H3,(H,16,17)/t14-/m0/s1. The van der Waals surface area contributed by atoms with E-state index in [4.69, 9.17) is 5.26 Å². The van der Waals surface area contributed by atoms with Crippen molar-refractivity contribution in [1.29, 1.82) is 5.26 Å². The highest BCUT2D eigenvalue weighted by atomic mass is 32.2. The summed E-state index contributed by atoms with van der Waals surface area (Å²) in [7, 11) is 0. The SMILES string of the molecule is CC(C)(C)SCCCC(=O)N[C@@](C)(C#N)C1CC1. The number of carbonyl (C=O) groups is 1. The van der Waals surface area contributed by atoms with Gasteiger partial charge in [-0.15, -0.1) is 0 Å². The van der Waals surface area contributed by atoms with Crippen molar-refractivity contribution < 1.29 is 4.79 Å². The fourth-order valence-corrected chi connectivity index (χ4v) is 2.75. The van der Waals surface area contributed by atoms with Crippen molar-refractivity contribution in [2.24, 2.45) is 5.92 Å². The van der Waals surface area contributed by atoms with E-state index in [2.05, 4.69) is 32.2 Å². The predicted octanol–water partition coefficient (Wildman–Crippen LogP) is 3.11. The summed E-state index contributed by atoms with van der Waals surface area (Å²) >= 11 is 1.87. The quantitative estimate of drug-likeness (QED) is 0.753. The molecule has 0 heterocycles. The average molecular weight is 268 g/mol. The zero-order chi connectivity index (χ0) is 13.8. The van der Waals surface area contributed by atoms with Gasteiger partial charge in [-0.3, -0.25) is 4.79 Å². The Labute approximate surface area is 115 Å². The maximum atomic E-state index is 11.8. The Hall–Kier alpha value is -0.690. The van der Waals surface area contributed by atoms with Crippen LogP contribution in [-0.4, -0.2) is 21.9 Å². The minimum absolute atomic E-state index is 0.0143. The summed E-state index contributed by atoms with van der Waals surface area (Å²) < 4.78 is 0.256. The second-order valence-corrected chi connectivity index (χ2v) is 8.12. The molecule has 0 aromatic rings. The maximum absolute atomic E-state index is 11.8. The molecule has 0 aromatic heterocycles. The number of nitrogens with zero attached hydrogens (tertiary/aromatic N) is 1. The molecule has 4 heteroatoms. The van der Waals surface area contributed by atoms with Crippen LogP contribution >= 0.6 is 11.8 Å². The lowest BCUT2D eigenvalue weighted by molar-refractivity contribution is -0.122. The molecule has 1 atom stereocenters. The lowest BCUT2D eigenvalue weighted by atomic mass is 9.97. The lowest BCUT2D eigenvalue weighted by Crippen LogP contribution is -2.46. The fraction of sp³-hybridized carbons (Fsp3) is 0.857. The van der Waals surface area contributed by atoms with Crippen molar-refractivity contribution in [3.05, 3.63) is 0 Å². The van der Waals surface area contributed by atoms with Crippen LogP contribution in [0.2, 0.25) is 0 Å².